The first kappa shape index (κ1) is 20.9. The highest BCUT2D eigenvalue weighted by molar-refractivity contribution is 7.91. The number of fused-ring (bicyclic) bond motifs is 1. The summed E-state index contributed by atoms with van der Waals surface area (Å²) in [5.41, 5.74) is 2.28. The molecule has 0 unspecified atom stereocenters. The van der Waals surface area contributed by atoms with Crippen LogP contribution in [0.4, 0.5) is 0 Å². The Balaban J connectivity index is 1.82. The Morgan fingerprint density at radius 1 is 1.04 bits per heavy atom. The number of nitrogens with one attached hydrogen (secondary N) is 2. The molecule has 26 heavy (non-hydrogen) atoms. The molecule has 1 aliphatic rings. The Morgan fingerprint density at radius 3 is 2.42 bits per heavy atom. The summed E-state index contributed by atoms with van der Waals surface area (Å²) < 4.78 is 49.8. The number of sulfone groups is 1. The minimum Gasteiger partial charge on any atom is -0.355 e. The molecule has 0 fully saturated rings. The molecule has 0 aliphatic heterocycles. The number of carbonyl (C=O) groups is 1. The summed E-state index contributed by atoms with van der Waals surface area (Å²) in [5, 5.41) is 2.49. The van der Waals surface area contributed by atoms with Crippen LogP contribution >= 0.6 is 0 Å². The molecule has 1 amide bonds. The molecule has 7 nitrogen and oxygen atoms in total. The Labute approximate surface area is 155 Å². The van der Waals surface area contributed by atoms with Crippen LogP contribution in [0.3, 0.4) is 0 Å². The lowest BCUT2D eigenvalue weighted by atomic mass is 9.92. The van der Waals surface area contributed by atoms with Gasteiger partial charge in [0.25, 0.3) is 0 Å². The van der Waals surface area contributed by atoms with E-state index < -0.39 is 19.9 Å². The Kier molecular flexibility index (Phi) is 7.19. The number of sulfonamides is 1. The van der Waals surface area contributed by atoms with Crippen molar-refractivity contribution >= 4 is 25.8 Å². The minimum atomic E-state index is -3.66. The van der Waals surface area contributed by atoms with Gasteiger partial charge in [0.05, 0.1) is 10.6 Å². The molecule has 9 heteroatoms. The van der Waals surface area contributed by atoms with E-state index in [1.165, 1.54) is 5.56 Å². The lowest BCUT2D eigenvalue weighted by molar-refractivity contribution is -0.120. The molecular formula is C17H26N2O5S2. The van der Waals surface area contributed by atoms with Gasteiger partial charge in [-0.3, -0.25) is 4.79 Å². The quantitative estimate of drug-likeness (QED) is 0.634. The molecule has 0 saturated carbocycles. The van der Waals surface area contributed by atoms with Gasteiger partial charge in [-0.15, -0.1) is 0 Å². The fraction of sp³-hybridized carbons (Fsp3) is 0.588. The average molecular weight is 403 g/mol. The number of hydrogen-bond acceptors (Lipinski definition) is 5. The van der Waals surface area contributed by atoms with E-state index in [4.69, 9.17) is 0 Å². The summed E-state index contributed by atoms with van der Waals surface area (Å²) in [6, 6.07) is 5.18. The van der Waals surface area contributed by atoms with Gasteiger partial charge in [-0.25, -0.2) is 21.6 Å². The van der Waals surface area contributed by atoms with Gasteiger partial charge in [0.1, 0.15) is 0 Å². The van der Waals surface area contributed by atoms with Crippen molar-refractivity contribution in [1.82, 2.24) is 10.0 Å². The molecule has 0 bridgehead atoms. The van der Waals surface area contributed by atoms with Gasteiger partial charge < -0.3 is 5.32 Å². The first-order chi connectivity index (χ1) is 12.2. The third-order valence-corrected chi connectivity index (χ3v) is 7.61. The molecule has 1 aromatic rings. The van der Waals surface area contributed by atoms with Crippen molar-refractivity contribution in [3.63, 3.8) is 0 Å². The van der Waals surface area contributed by atoms with Gasteiger partial charge in [-0.05, 0) is 48.9 Å². The highest BCUT2D eigenvalue weighted by Crippen LogP contribution is 2.23. The maximum Gasteiger partial charge on any atom is 0.240 e. The average Bonchev–Trinajstić information content (AvgIpc) is 2.61. The summed E-state index contributed by atoms with van der Waals surface area (Å²) in [6.07, 6.45) is 4.03. The highest BCUT2D eigenvalue weighted by atomic mass is 32.2. The smallest absolute Gasteiger partial charge is 0.240 e. The van der Waals surface area contributed by atoms with Crippen molar-refractivity contribution in [3.8, 4) is 0 Å². The van der Waals surface area contributed by atoms with E-state index in [9.17, 15) is 21.6 Å². The molecule has 1 aromatic carbocycles. The van der Waals surface area contributed by atoms with Crippen LogP contribution in [0, 0.1) is 0 Å². The summed E-state index contributed by atoms with van der Waals surface area (Å²) in [7, 11) is -6.79. The summed E-state index contributed by atoms with van der Waals surface area (Å²) in [4.78, 5) is 11.9. The topological polar surface area (TPSA) is 109 Å². The van der Waals surface area contributed by atoms with E-state index in [1.807, 2.05) is 6.07 Å². The molecule has 1 aliphatic carbocycles. The molecule has 0 atom stereocenters. The van der Waals surface area contributed by atoms with Crippen LogP contribution in [0.2, 0.25) is 0 Å². The van der Waals surface area contributed by atoms with Crippen molar-refractivity contribution in [3.05, 3.63) is 29.3 Å². The third-order valence-electron chi connectivity index (χ3n) is 4.45. The number of hydrogen-bond donors (Lipinski definition) is 2. The third kappa shape index (κ3) is 6.07. The number of amides is 1. The van der Waals surface area contributed by atoms with Crippen LogP contribution in [0.15, 0.2) is 23.1 Å². The van der Waals surface area contributed by atoms with E-state index in [0.717, 1.165) is 31.2 Å². The number of aryl methyl sites for hydroxylation is 2. The Morgan fingerprint density at radius 2 is 1.73 bits per heavy atom. The first-order valence-electron chi connectivity index (χ1n) is 8.82. The van der Waals surface area contributed by atoms with Gasteiger partial charge in [0, 0.05) is 25.3 Å². The van der Waals surface area contributed by atoms with Gasteiger partial charge in [0.15, 0.2) is 9.84 Å². The SMILES string of the molecule is CCS(=O)(=O)CCNC(=O)CCNS(=O)(=O)c1ccc2c(c1)CCCC2. The summed E-state index contributed by atoms with van der Waals surface area (Å²) in [5.74, 6) is -0.469. The van der Waals surface area contributed by atoms with E-state index in [2.05, 4.69) is 10.0 Å². The van der Waals surface area contributed by atoms with Crippen LogP contribution in [0.5, 0.6) is 0 Å². The van der Waals surface area contributed by atoms with Crippen LogP contribution in [-0.4, -0.2) is 47.3 Å². The number of rotatable bonds is 9. The molecule has 2 rings (SSSR count). The van der Waals surface area contributed by atoms with E-state index in [1.54, 1.807) is 19.1 Å². The minimum absolute atomic E-state index is 0.0312. The molecule has 146 valence electrons. The van der Waals surface area contributed by atoms with Gasteiger partial charge in [-0.1, -0.05) is 13.0 Å². The fourth-order valence-electron chi connectivity index (χ4n) is 2.84. The lowest BCUT2D eigenvalue weighted by Gasteiger charge is -2.16. The van der Waals surface area contributed by atoms with Crippen LogP contribution in [0.1, 0.15) is 37.3 Å². The van der Waals surface area contributed by atoms with E-state index >= 15 is 0 Å². The largest absolute Gasteiger partial charge is 0.355 e. The number of benzene rings is 1. The second-order valence-corrected chi connectivity index (χ2v) is 10.6. The van der Waals surface area contributed by atoms with Gasteiger partial charge in [-0.2, -0.15) is 0 Å². The number of carbonyl (C=O) groups excluding carboxylic acids is 1. The van der Waals surface area contributed by atoms with Gasteiger partial charge >= 0.3 is 0 Å². The molecule has 2 N–H and O–H groups in total. The summed E-state index contributed by atoms with van der Waals surface area (Å²) in [6.45, 7) is 1.55. The Bertz CT molecular complexity index is 848. The Hall–Kier alpha value is -1.45. The van der Waals surface area contributed by atoms with E-state index in [-0.39, 0.29) is 41.8 Å². The van der Waals surface area contributed by atoms with Crippen molar-refractivity contribution in [2.24, 2.45) is 0 Å². The predicted octanol–water partition coefficient (Wildman–Crippen LogP) is 0.785. The lowest BCUT2D eigenvalue weighted by Crippen LogP contribution is -2.33. The van der Waals surface area contributed by atoms with Gasteiger partial charge in [0.2, 0.25) is 15.9 Å². The monoisotopic (exact) mass is 402 g/mol. The highest BCUT2D eigenvalue weighted by Gasteiger charge is 2.18. The fourth-order valence-corrected chi connectivity index (χ4v) is 4.62. The zero-order valence-electron chi connectivity index (χ0n) is 15.0. The molecule has 0 aromatic heterocycles. The maximum absolute atomic E-state index is 12.4. The van der Waals surface area contributed by atoms with E-state index in [0.29, 0.717) is 0 Å². The van der Waals surface area contributed by atoms with Crippen molar-refractivity contribution in [1.29, 1.82) is 0 Å². The predicted molar refractivity (Wildman–Crippen MR) is 100 cm³/mol. The molecule has 0 saturated heterocycles. The molecular weight excluding hydrogens is 376 g/mol. The van der Waals surface area contributed by atoms with Crippen molar-refractivity contribution in [2.75, 3.05) is 24.6 Å². The zero-order valence-corrected chi connectivity index (χ0v) is 16.6. The second kappa shape index (κ2) is 8.96. The second-order valence-electron chi connectivity index (χ2n) is 6.37. The van der Waals surface area contributed by atoms with Crippen molar-refractivity contribution in [2.45, 2.75) is 43.9 Å². The standard InChI is InChI=1S/C17H26N2O5S2/c1-2-25(21,22)12-11-18-17(20)9-10-19-26(23,24)16-8-7-14-5-3-4-6-15(14)13-16/h7-8,13,19H,2-6,9-12H2,1H3,(H,18,20). The normalized spacial score (nSPS) is 14.7. The van der Waals surface area contributed by atoms with Crippen LogP contribution in [-0.2, 0) is 37.5 Å². The first-order valence-corrected chi connectivity index (χ1v) is 12.1. The van der Waals surface area contributed by atoms with Crippen molar-refractivity contribution < 1.29 is 21.6 Å². The molecule has 0 heterocycles. The van der Waals surface area contributed by atoms with Crippen LogP contribution in [0.25, 0.3) is 0 Å². The van der Waals surface area contributed by atoms with Crippen LogP contribution < -0.4 is 10.0 Å². The maximum atomic E-state index is 12.4. The zero-order chi connectivity index (χ0) is 19.2. The molecule has 0 spiro atoms. The summed E-state index contributed by atoms with van der Waals surface area (Å²) >= 11 is 0. The molecule has 0 radical (unpaired) electrons.